The summed E-state index contributed by atoms with van der Waals surface area (Å²) in [6.07, 6.45) is 1.37. The molecule has 3 aromatic rings. The Labute approximate surface area is 113 Å². The number of hydrogen-bond acceptors (Lipinski definition) is 6. The molecule has 0 amide bonds. The fraction of sp³-hybridized carbons (Fsp3) is 0.250. The van der Waals surface area contributed by atoms with Gasteiger partial charge in [-0.3, -0.25) is 9.89 Å². The predicted octanol–water partition coefficient (Wildman–Crippen LogP) is 0.381. The van der Waals surface area contributed by atoms with Crippen molar-refractivity contribution in [2.75, 3.05) is 11.9 Å². The predicted molar refractivity (Wildman–Crippen MR) is 73.4 cm³/mol. The van der Waals surface area contributed by atoms with Crippen LogP contribution in [0.5, 0.6) is 0 Å². The molecule has 0 fully saturated rings. The van der Waals surface area contributed by atoms with Crippen LogP contribution in [0.1, 0.15) is 11.6 Å². The van der Waals surface area contributed by atoms with Crippen LogP contribution in [0.4, 0.5) is 5.82 Å². The number of rotatable bonds is 3. The Hall–Kier alpha value is -2.77. The molecule has 3 heterocycles. The third kappa shape index (κ3) is 2.22. The Morgan fingerprint density at radius 3 is 2.90 bits per heavy atom. The van der Waals surface area contributed by atoms with Gasteiger partial charge in [0, 0.05) is 7.05 Å². The number of nitrogens with one attached hydrogen (secondary N) is 2. The number of aromatic nitrogens is 6. The number of pyridine rings is 1. The standard InChI is InChI=1S/C12H13N7O/c1-7-15-9(18-17-7)5-19(2)10-4-3-8-11(16-10)12(20)14-6-13-8/h3-4,6H,5H2,1-2H3,(H,13,14,20)(H,15,17,18). The fourth-order valence-corrected chi connectivity index (χ4v) is 1.91. The lowest BCUT2D eigenvalue weighted by molar-refractivity contribution is 0.832. The maximum Gasteiger partial charge on any atom is 0.277 e. The summed E-state index contributed by atoms with van der Waals surface area (Å²) < 4.78 is 0. The van der Waals surface area contributed by atoms with Crippen molar-refractivity contribution in [2.45, 2.75) is 13.5 Å². The van der Waals surface area contributed by atoms with Gasteiger partial charge in [0.1, 0.15) is 11.6 Å². The molecule has 0 saturated heterocycles. The molecule has 8 nitrogen and oxygen atoms in total. The lowest BCUT2D eigenvalue weighted by Crippen LogP contribution is -2.19. The summed E-state index contributed by atoms with van der Waals surface area (Å²) in [5.41, 5.74) is 0.640. The minimum absolute atomic E-state index is 0.251. The molecule has 0 radical (unpaired) electrons. The van der Waals surface area contributed by atoms with Crippen molar-refractivity contribution in [1.82, 2.24) is 30.1 Å². The second-order valence-electron chi connectivity index (χ2n) is 4.46. The second-order valence-corrected chi connectivity index (χ2v) is 4.46. The van der Waals surface area contributed by atoms with E-state index in [9.17, 15) is 4.79 Å². The van der Waals surface area contributed by atoms with Crippen molar-refractivity contribution in [3.05, 3.63) is 40.5 Å². The smallest absolute Gasteiger partial charge is 0.277 e. The van der Waals surface area contributed by atoms with E-state index in [1.165, 1.54) is 6.33 Å². The van der Waals surface area contributed by atoms with Gasteiger partial charge >= 0.3 is 0 Å². The Morgan fingerprint density at radius 2 is 2.15 bits per heavy atom. The molecule has 0 unspecified atom stereocenters. The molecular formula is C12H13N7O. The Balaban J connectivity index is 1.93. The molecule has 3 rings (SSSR count). The van der Waals surface area contributed by atoms with E-state index < -0.39 is 0 Å². The van der Waals surface area contributed by atoms with Gasteiger partial charge in [-0.2, -0.15) is 5.10 Å². The van der Waals surface area contributed by atoms with Gasteiger partial charge in [-0.05, 0) is 19.1 Å². The van der Waals surface area contributed by atoms with E-state index in [4.69, 9.17) is 0 Å². The summed E-state index contributed by atoms with van der Waals surface area (Å²) in [4.78, 5) is 28.7. The summed E-state index contributed by atoms with van der Waals surface area (Å²) >= 11 is 0. The number of aryl methyl sites for hydroxylation is 1. The van der Waals surface area contributed by atoms with Crippen molar-refractivity contribution >= 4 is 16.9 Å². The van der Waals surface area contributed by atoms with Crippen molar-refractivity contribution in [3.8, 4) is 0 Å². The van der Waals surface area contributed by atoms with Gasteiger partial charge in [-0.1, -0.05) is 0 Å². The molecule has 0 spiro atoms. The molecule has 0 saturated carbocycles. The van der Waals surface area contributed by atoms with Crippen LogP contribution >= 0.6 is 0 Å². The summed E-state index contributed by atoms with van der Waals surface area (Å²) in [5, 5.41) is 6.87. The van der Waals surface area contributed by atoms with Gasteiger partial charge in [-0.25, -0.2) is 15.0 Å². The van der Waals surface area contributed by atoms with Crippen LogP contribution in [0.3, 0.4) is 0 Å². The topological polar surface area (TPSA) is 103 Å². The zero-order valence-corrected chi connectivity index (χ0v) is 11.1. The summed E-state index contributed by atoms with van der Waals surface area (Å²) in [5.74, 6) is 2.10. The van der Waals surface area contributed by atoms with Gasteiger partial charge in [0.15, 0.2) is 11.3 Å². The van der Waals surface area contributed by atoms with Crippen LogP contribution < -0.4 is 10.5 Å². The van der Waals surface area contributed by atoms with Gasteiger partial charge in [0.2, 0.25) is 0 Å². The van der Waals surface area contributed by atoms with Gasteiger partial charge in [-0.15, -0.1) is 0 Å². The molecule has 3 aromatic heterocycles. The van der Waals surface area contributed by atoms with Crippen molar-refractivity contribution in [2.24, 2.45) is 0 Å². The monoisotopic (exact) mass is 271 g/mol. The van der Waals surface area contributed by atoms with Gasteiger partial charge < -0.3 is 9.88 Å². The first kappa shape index (κ1) is 12.3. The van der Waals surface area contributed by atoms with Gasteiger partial charge in [0.25, 0.3) is 5.56 Å². The fourth-order valence-electron chi connectivity index (χ4n) is 1.91. The highest BCUT2D eigenvalue weighted by Gasteiger charge is 2.09. The van der Waals surface area contributed by atoms with Crippen LogP contribution in [0.15, 0.2) is 23.3 Å². The molecule has 0 aliphatic heterocycles. The molecular weight excluding hydrogens is 258 g/mol. The average Bonchev–Trinajstić information content (AvgIpc) is 2.84. The number of H-pyrrole nitrogens is 2. The summed E-state index contributed by atoms with van der Waals surface area (Å²) in [6, 6.07) is 3.58. The van der Waals surface area contributed by atoms with E-state index >= 15 is 0 Å². The SMILES string of the molecule is Cc1nc(CN(C)c2ccc3nc[nH]c(=O)c3n2)n[nH]1. The minimum Gasteiger partial charge on any atom is -0.352 e. The molecule has 0 bridgehead atoms. The summed E-state index contributed by atoms with van der Waals surface area (Å²) in [7, 11) is 1.87. The number of fused-ring (bicyclic) bond motifs is 1. The first-order valence-corrected chi connectivity index (χ1v) is 6.07. The molecule has 0 aromatic carbocycles. The van der Waals surface area contributed by atoms with E-state index in [1.54, 1.807) is 6.07 Å². The quantitative estimate of drug-likeness (QED) is 0.713. The van der Waals surface area contributed by atoms with Crippen LogP contribution in [0, 0.1) is 6.92 Å². The van der Waals surface area contributed by atoms with E-state index in [0.29, 0.717) is 29.2 Å². The molecule has 0 aliphatic carbocycles. The number of anilines is 1. The normalized spacial score (nSPS) is 10.9. The molecule has 0 atom stereocenters. The summed E-state index contributed by atoms with van der Waals surface area (Å²) in [6.45, 7) is 2.34. The molecule has 20 heavy (non-hydrogen) atoms. The Kier molecular flexibility index (Phi) is 2.90. The van der Waals surface area contributed by atoms with Crippen LogP contribution in [-0.4, -0.2) is 37.2 Å². The highest BCUT2D eigenvalue weighted by Crippen LogP contribution is 2.14. The van der Waals surface area contributed by atoms with Crippen LogP contribution in [0.25, 0.3) is 11.0 Å². The van der Waals surface area contributed by atoms with Crippen molar-refractivity contribution < 1.29 is 0 Å². The lowest BCUT2D eigenvalue weighted by atomic mass is 10.3. The first-order chi connectivity index (χ1) is 9.63. The maximum atomic E-state index is 11.7. The van der Waals surface area contributed by atoms with Gasteiger partial charge in [0.05, 0.1) is 18.4 Å². The third-order valence-electron chi connectivity index (χ3n) is 2.89. The van der Waals surface area contributed by atoms with Crippen molar-refractivity contribution in [1.29, 1.82) is 0 Å². The number of aromatic amines is 2. The molecule has 2 N–H and O–H groups in total. The molecule has 102 valence electrons. The zero-order valence-electron chi connectivity index (χ0n) is 11.1. The largest absolute Gasteiger partial charge is 0.352 e. The van der Waals surface area contributed by atoms with Crippen molar-refractivity contribution in [3.63, 3.8) is 0 Å². The Bertz CT molecular complexity index is 807. The third-order valence-corrected chi connectivity index (χ3v) is 2.89. The maximum absolute atomic E-state index is 11.7. The number of nitrogens with zero attached hydrogens (tertiary/aromatic N) is 5. The Morgan fingerprint density at radius 1 is 1.30 bits per heavy atom. The average molecular weight is 271 g/mol. The zero-order chi connectivity index (χ0) is 14.1. The van der Waals surface area contributed by atoms with Crippen LogP contribution in [-0.2, 0) is 6.54 Å². The van der Waals surface area contributed by atoms with Crippen LogP contribution in [0.2, 0.25) is 0 Å². The second kappa shape index (κ2) is 4.72. The van der Waals surface area contributed by atoms with E-state index in [-0.39, 0.29) is 5.56 Å². The highest BCUT2D eigenvalue weighted by atomic mass is 16.1. The molecule has 8 heteroatoms. The van der Waals surface area contributed by atoms with E-state index in [2.05, 4.69) is 30.1 Å². The number of hydrogen-bond donors (Lipinski definition) is 2. The highest BCUT2D eigenvalue weighted by molar-refractivity contribution is 5.74. The first-order valence-electron chi connectivity index (χ1n) is 6.07. The van der Waals surface area contributed by atoms with E-state index in [1.807, 2.05) is 24.9 Å². The van der Waals surface area contributed by atoms with E-state index in [0.717, 1.165) is 5.82 Å². The molecule has 0 aliphatic rings. The minimum atomic E-state index is -0.251. The lowest BCUT2D eigenvalue weighted by Gasteiger charge is -2.16.